The van der Waals surface area contributed by atoms with Gasteiger partial charge in [0.05, 0.1) is 24.6 Å². The number of thioether (sulfide) groups is 1. The Morgan fingerprint density at radius 3 is 2.50 bits per heavy atom. The molecule has 0 spiro atoms. The summed E-state index contributed by atoms with van der Waals surface area (Å²) >= 11 is 5.03. The fraction of sp³-hybridized carbons (Fsp3) is 0.192. The number of aromatic nitrogens is 3. The summed E-state index contributed by atoms with van der Waals surface area (Å²) in [6.45, 7) is 7.21. The highest BCUT2D eigenvalue weighted by Gasteiger charge is 2.30. The van der Waals surface area contributed by atoms with Gasteiger partial charge in [0.25, 0.3) is 0 Å². The van der Waals surface area contributed by atoms with E-state index in [-0.39, 0.29) is 17.0 Å². The summed E-state index contributed by atoms with van der Waals surface area (Å²) < 4.78 is 8.53. The van der Waals surface area contributed by atoms with E-state index in [1.807, 2.05) is 53.1 Å². The lowest BCUT2D eigenvalue weighted by Gasteiger charge is -2.28. The van der Waals surface area contributed by atoms with E-state index in [0.29, 0.717) is 37.1 Å². The van der Waals surface area contributed by atoms with E-state index < -0.39 is 0 Å². The lowest BCUT2D eigenvalue weighted by atomic mass is 10.1. The first-order chi connectivity index (χ1) is 17.2. The fourth-order valence-corrected chi connectivity index (χ4v) is 5.42. The molecule has 3 aromatic rings. The van der Waals surface area contributed by atoms with E-state index in [9.17, 15) is 5.26 Å². The Hall–Kier alpha value is -2.84. The average molecular weight is 628 g/mol. The third-order valence-corrected chi connectivity index (χ3v) is 7.29. The Morgan fingerprint density at radius 2 is 1.83 bits per heavy atom. The van der Waals surface area contributed by atoms with Crippen LogP contribution in [0.5, 0.6) is 0 Å². The van der Waals surface area contributed by atoms with Crippen molar-refractivity contribution in [1.82, 2.24) is 19.7 Å². The van der Waals surface area contributed by atoms with Crippen LogP contribution < -0.4 is 4.90 Å². The number of benzene rings is 2. The maximum atomic E-state index is 10.4. The van der Waals surface area contributed by atoms with Gasteiger partial charge in [-0.2, -0.15) is 5.26 Å². The van der Waals surface area contributed by atoms with Crippen molar-refractivity contribution in [3.63, 3.8) is 0 Å². The maximum absolute atomic E-state index is 10.4. The summed E-state index contributed by atoms with van der Waals surface area (Å²) in [6.07, 6.45) is 1.84. The van der Waals surface area contributed by atoms with Crippen LogP contribution in [0.25, 0.3) is 17.0 Å². The third kappa shape index (κ3) is 5.15. The number of halogens is 2. The minimum absolute atomic E-state index is 0. The van der Waals surface area contributed by atoms with Gasteiger partial charge in [0.1, 0.15) is 16.7 Å². The molecule has 0 unspecified atom stereocenters. The number of hydrogen-bond acceptors (Lipinski definition) is 7. The Morgan fingerprint density at radius 1 is 1.11 bits per heavy atom. The van der Waals surface area contributed by atoms with Crippen LogP contribution in [0, 0.1) is 11.3 Å². The zero-order chi connectivity index (χ0) is 24.2. The zero-order valence-corrected chi connectivity index (χ0v) is 23.5. The van der Waals surface area contributed by atoms with Crippen LogP contribution in [0.4, 0.5) is 5.95 Å². The number of morpholine rings is 1. The standard InChI is InChI=1S/C26H23BrN6OS.BrH/c1-2-12-32-23(19-8-10-20(27)11-9-19)18-35-25(32)22(17-28)24-29-30-26(31-13-15-34-16-14-31)33(24)21-6-4-3-5-7-21;/h2-11,18H,1,12-16H2;1H/b25-22+;. The minimum atomic E-state index is 0. The van der Waals surface area contributed by atoms with E-state index in [0.717, 1.165) is 39.5 Å². The second kappa shape index (κ2) is 11.9. The molecular formula is C26H24Br2N6OS. The van der Waals surface area contributed by atoms with Crippen molar-refractivity contribution in [2.75, 3.05) is 37.7 Å². The molecular weight excluding hydrogens is 604 g/mol. The molecule has 2 aliphatic heterocycles. The molecule has 2 aromatic carbocycles. The number of nitrogens with zero attached hydrogens (tertiary/aromatic N) is 6. The molecule has 0 radical (unpaired) electrons. The molecule has 1 saturated heterocycles. The Bertz CT molecular complexity index is 1320. The van der Waals surface area contributed by atoms with Crippen LogP contribution in [-0.4, -0.2) is 52.5 Å². The van der Waals surface area contributed by atoms with Crippen molar-refractivity contribution in [2.24, 2.45) is 0 Å². The maximum Gasteiger partial charge on any atom is 0.232 e. The second-order valence-electron chi connectivity index (χ2n) is 7.91. The Labute approximate surface area is 233 Å². The van der Waals surface area contributed by atoms with Crippen molar-refractivity contribution in [3.05, 3.63) is 93.5 Å². The molecule has 2 aliphatic rings. The van der Waals surface area contributed by atoms with Crippen LogP contribution in [-0.2, 0) is 4.74 Å². The predicted octanol–water partition coefficient (Wildman–Crippen LogP) is 5.87. The molecule has 0 aliphatic carbocycles. The van der Waals surface area contributed by atoms with Crippen molar-refractivity contribution in [3.8, 4) is 11.8 Å². The van der Waals surface area contributed by atoms with Crippen LogP contribution >= 0.6 is 44.7 Å². The first-order valence-electron chi connectivity index (χ1n) is 11.2. The van der Waals surface area contributed by atoms with E-state index in [1.54, 1.807) is 0 Å². The van der Waals surface area contributed by atoms with Gasteiger partial charge in [0.15, 0.2) is 5.82 Å². The van der Waals surface area contributed by atoms with Gasteiger partial charge < -0.3 is 14.5 Å². The molecule has 0 bridgehead atoms. The van der Waals surface area contributed by atoms with E-state index in [1.165, 1.54) is 11.8 Å². The Balaban J connectivity index is 0.00000304. The van der Waals surface area contributed by atoms with Gasteiger partial charge >= 0.3 is 0 Å². The number of para-hydroxylation sites is 1. The molecule has 5 rings (SSSR count). The molecule has 0 amide bonds. The topological polar surface area (TPSA) is 70.2 Å². The lowest BCUT2D eigenvalue weighted by molar-refractivity contribution is 0.122. The summed E-state index contributed by atoms with van der Waals surface area (Å²) in [5.74, 6) is 1.23. The van der Waals surface area contributed by atoms with Gasteiger partial charge in [0, 0.05) is 29.5 Å². The highest BCUT2D eigenvalue weighted by atomic mass is 79.9. The Kier molecular flexibility index (Phi) is 8.69. The number of ether oxygens (including phenoxy) is 1. The molecule has 0 saturated carbocycles. The van der Waals surface area contributed by atoms with E-state index >= 15 is 0 Å². The fourth-order valence-electron chi connectivity index (χ4n) is 4.11. The smallest absolute Gasteiger partial charge is 0.232 e. The summed E-state index contributed by atoms with van der Waals surface area (Å²) in [7, 11) is 0. The zero-order valence-electron chi connectivity index (χ0n) is 19.4. The average Bonchev–Trinajstić information content (AvgIpc) is 3.52. The normalized spacial score (nSPS) is 16.7. The molecule has 10 heteroatoms. The van der Waals surface area contributed by atoms with Gasteiger partial charge in [-0.1, -0.05) is 64.1 Å². The quantitative estimate of drug-likeness (QED) is 0.250. The number of allylic oxidation sites excluding steroid dienone is 1. The van der Waals surface area contributed by atoms with Crippen LogP contribution in [0.3, 0.4) is 0 Å². The largest absolute Gasteiger partial charge is 0.378 e. The molecule has 1 aromatic heterocycles. The van der Waals surface area contributed by atoms with E-state index in [2.05, 4.69) is 66.1 Å². The summed E-state index contributed by atoms with van der Waals surface area (Å²) in [4.78, 5) is 4.26. The van der Waals surface area contributed by atoms with Crippen molar-refractivity contribution in [2.45, 2.75) is 0 Å². The van der Waals surface area contributed by atoms with Gasteiger partial charge in [-0.3, -0.25) is 4.57 Å². The number of nitriles is 1. The highest BCUT2D eigenvalue weighted by molar-refractivity contribution is 9.10. The van der Waals surface area contributed by atoms with Gasteiger partial charge in [-0.15, -0.1) is 33.8 Å². The molecule has 184 valence electrons. The monoisotopic (exact) mass is 626 g/mol. The molecule has 0 atom stereocenters. The van der Waals surface area contributed by atoms with Gasteiger partial charge in [-0.05, 0) is 29.8 Å². The lowest BCUT2D eigenvalue weighted by Crippen LogP contribution is -2.38. The van der Waals surface area contributed by atoms with Crippen molar-refractivity contribution < 1.29 is 4.74 Å². The number of anilines is 1. The van der Waals surface area contributed by atoms with Crippen LogP contribution in [0.15, 0.2) is 82.2 Å². The van der Waals surface area contributed by atoms with E-state index in [4.69, 9.17) is 4.74 Å². The second-order valence-corrected chi connectivity index (χ2v) is 9.69. The first kappa shape index (κ1) is 26.2. The van der Waals surface area contributed by atoms with Crippen LogP contribution in [0.2, 0.25) is 0 Å². The highest BCUT2D eigenvalue weighted by Crippen LogP contribution is 2.43. The molecule has 0 N–H and O–H groups in total. The number of rotatable bonds is 6. The summed E-state index contributed by atoms with van der Waals surface area (Å²) in [6, 6.07) is 20.5. The predicted molar refractivity (Wildman–Crippen MR) is 154 cm³/mol. The number of hydrogen-bond donors (Lipinski definition) is 0. The SMILES string of the molecule is Br.C=CCN1C(c2ccc(Br)cc2)=CS/C1=C(\C#N)c1nnc(N2CCOCC2)n1-c1ccccc1. The van der Waals surface area contributed by atoms with Crippen LogP contribution in [0.1, 0.15) is 11.4 Å². The summed E-state index contributed by atoms with van der Waals surface area (Å²) in [5, 5.41) is 22.4. The molecule has 3 heterocycles. The molecule has 36 heavy (non-hydrogen) atoms. The third-order valence-electron chi connectivity index (χ3n) is 5.77. The first-order valence-corrected chi connectivity index (χ1v) is 12.9. The van der Waals surface area contributed by atoms with Gasteiger partial charge in [0.2, 0.25) is 5.95 Å². The molecule has 1 fully saturated rings. The minimum Gasteiger partial charge on any atom is -0.378 e. The van der Waals surface area contributed by atoms with Crippen molar-refractivity contribution in [1.29, 1.82) is 5.26 Å². The summed E-state index contributed by atoms with van der Waals surface area (Å²) in [5.41, 5.74) is 3.45. The molecule has 7 nitrogen and oxygen atoms in total. The van der Waals surface area contributed by atoms with Crippen molar-refractivity contribution >= 4 is 61.9 Å². The van der Waals surface area contributed by atoms with Gasteiger partial charge in [-0.25, -0.2) is 0 Å².